The Bertz CT molecular complexity index is 261. The van der Waals surface area contributed by atoms with E-state index in [4.69, 9.17) is 0 Å². The van der Waals surface area contributed by atoms with Crippen molar-refractivity contribution in [3.63, 3.8) is 0 Å². The van der Waals surface area contributed by atoms with Crippen molar-refractivity contribution in [2.45, 2.75) is 47.5 Å². The molecule has 13 heavy (non-hydrogen) atoms. The van der Waals surface area contributed by atoms with Crippen LogP contribution in [0.2, 0.25) is 0 Å². The summed E-state index contributed by atoms with van der Waals surface area (Å²) < 4.78 is 0. The zero-order chi connectivity index (χ0) is 10.1. The molecule has 0 spiro atoms. The van der Waals surface area contributed by atoms with Crippen molar-refractivity contribution in [1.29, 1.82) is 0 Å². The Labute approximate surface area is 85.2 Å². The van der Waals surface area contributed by atoms with Gasteiger partial charge in [-0.15, -0.1) is 11.3 Å². The minimum absolute atomic E-state index is 0.424. The Morgan fingerprint density at radius 1 is 1.23 bits per heavy atom. The van der Waals surface area contributed by atoms with E-state index < -0.39 is 0 Å². The summed E-state index contributed by atoms with van der Waals surface area (Å²) in [6.07, 6.45) is 2.35. The molecule has 2 heteroatoms. The third kappa shape index (κ3) is 3.47. The highest BCUT2D eigenvalue weighted by Gasteiger charge is 2.12. The molecule has 1 aromatic heterocycles. The summed E-state index contributed by atoms with van der Waals surface area (Å²) in [5.74, 6) is 0. The van der Waals surface area contributed by atoms with E-state index >= 15 is 0 Å². The molecular formula is C11H19NS. The molecule has 1 heterocycles. The molecule has 0 saturated carbocycles. The van der Waals surface area contributed by atoms with Gasteiger partial charge in [-0.2, -0.15) is 0 Å². The maximum absolute atomic E-state index is 4.53. The van der Waals surface area contributed by atoms with Crippen molar-refractivity contribution in [3.05, 3.63) is 15.6 Å². The smallest absolute Gasteiger partial charge is 0.0931 e. The van der Waals surface area contributed by atoms with Crippen molar-refractivity contribution in [1.82, 2.24) is 4.98 Å². The van der Waals surface area contributed by atoms with Crippen LogP contribution in [-0.4, -0.2) is 4.98 Å². The van der Waals surface area contributed by atoms with Gasteiger partial charge in [-0.25, -0.2) is 4.98 Å². The first-order valence-corrected chi connectivity index (χ1v) is 5.63. The summed E-state index contributed by atoms with van der Waals surface area (Å²) in [7, 11) is 0. The van der Waals surface area contributed by atoms with Gasteiger partial charge in [0.25, 0.3) is 0 Å². The summed E-state index contributed by atoms with van der Waals surface area (Å²) in [4.78, 5) is 5.90. The molecule has 0 N–H and O–H groups in total. The fourth-order valence-electron chi connectivity index (χ4n) is 1.13. The number of hydrogen-bond acceptors (Lipinski definition) is 2. The maximum atomic E-state index is 4.53. The average molecular weight is 197 g/mol. The van der Waals surface area contributed by atoms with Crippen LogP contribution in [0.4, 0.5) is 0 Å². The van der Waals surface area contributed by atoms with Gasteiger partial charge in [0.2, 0.25) is 0 Å². The standard InChI is InChI=1S/C11H19NS/c1-8-9(2)13-10(12-8)6-7-11(3,4)5/h6-7H2,1-5H3. The van der Waals surface area contributed by atoms with E-state index in [0.29, 0.717) is 5.41 Å². The van der Waals surface area contributed by atoms with Gasteiger partial charge in [-0.1, -0.05) is 20.8 Å². The number of aryl methyl sites for hydroxylation is 3. The van der Waals surface area contributed by atoms with Gasteiger partial charge in [0.05, 0.1) is 10.7 Å². The molecule has 0 atom stereocenters. The highest BCUT2D eigenvalue weighted by atomic mass is 32.1. The molecule has 0 unspecified atom stereocenters. The monoisotopic (exact) mass is 197 g/mol. The second-order valence-corrected chi connectivity index (χ2v) is 6.10. The molecule has 1 nitrogen and oxygen atoms in total. The van der Waals surface area contributed by atoms with E-state index in [-0.39, 0.29) is 0 Å². The minimum atomic E-state index is 0.424. The molecule has 0 aliphatic rings. The van der Waals surface area contributed by atoms with E-state index in [0.717, 1.165) is 6.42 Å². The van der Waals surface area contributed by atoms with Crippen molar-refractivity contribution < 1.29 is 0 Å². The Balaban J connectivity index is 2.56. The molecule has 1 aromatic rings. The number of hydrogen-bond donors (Lipinski definition) is 0. The molecule has 0 saturated heterocycles. The van der Waals surface area contributed by atoms with E-state index in [1.807, 2.05) is 11.3 Å². The van der Waals surface area contributed by atoms with Crippen molar-refractivity contribution >= 4 is 11.3 Å². The van der Waals surface area contributed by atoms with Gasteiger partial charge in [-0.3, -0.25) is 0 Å². The molecule has 0 aromatic carbocycles. The first kappa shape index (κ1) is 10.7. The van der Waals surface area contributed by atoms with Crippen LogP contribution >= 0.6 is 11.3 Å². The second-order valence-electron chi connectivity index (χ2n) is 4.81. The molecule has 1 rings (SSSR count). The van der Waals surface area contributed by atoms with Gasteiger partial charge >= 0.3 is 0 Å². The van der Waals surface area contributed by atoms with Gasteiger partial charge in [0.15, 0.2) is 0 Å². The van der Waals surface area contributed by atoms with Crippen molar-refractivity contribution in [2.24, 2.45) is 5.41 Å². The van der Waals surface area contributed by atoms with Crippen LogP contribution < -0.4 is 0 Å². The van der Waals surface area contributed by atoms with E-state index in [1.54, 1.807) is 0 Å². The van der Waals surface area contributed by atoms with E-state index in [2.05, 4.69) is 39.6 Å². The minimum Gasteiger partial charge on any atom is -0.246 e. The van der Waals surface area contributed by atoms with Crippen LogP contribution in [0.3, 0.4) is 0 Å². The zero-order valence-corrected chi connectivity index (χ0v) is 10.1. The Hall–Kier alpha value is -0.370. The molecule has 74 valence electrons. The number of nitrogens with zero attached hydrogens (tertiary/aromatic N) is 1. The molecule has 0 bridgehead atoms. The van der Waals surface area contributed by atoms with Gasteiger partial charge < -0.3 is 0 Å². The lowest BCUT2D eigenvalue weighted by Crippen LogP contribution is -2.06. The largest absolute Gasteiger partial charge is 0.246 e. The quantitative estimate of drug-likeness (QED) is 0.704. The van der Waals surface area contributed by atoms with Crippen molar-refractivity contribution in [3.8, 4) is 0 Å². The summed E-state index contributed by atoms with van der Waals surface area (Å²) in [6, 6.07) is 0. The van der Waals surface area contributed by atoms with Gasteiger partial charge in [0, 0.05) is 4.88 Å². The third-order valence-corrected chi connectivity index (χ3v) is 3.29. The SMILES string of the molecule is Cc1nc(CCC(C)(C)C)sc1C. The number of thiazole rings is 1. The van der Waals surface area contributed by atoms with Crippen LogP contribution in [0.5, 0.6) is 0 Å². The molecular weight excluding hydrogens is 178 g/mol. The molecule has 0 aliphatic heterocycles. The fourth-order valence-corrected chi connectivity index (χ4v) is 2.06. The molecule has 0 amide bonds. The lowest BCUT2D eigenvalue weighted by Gasteiger charge is -2.16. The Morgan fingerprint density at radius 3 is 2.23 bits per heavy atom. The lowest BCUT2D eigenvalue weighted by molar-refractivity contribution is 0.378. The van der Waals surface area contributed by atoms with Crippen molar-refractivity contribution in [2.75, 3.05) is 0 Å². The summed E-state index contributed by atoms with van der Waals surface area (Å²) >= 11 is 1.84. The average Bonchev–Trinajstić information content (AvgIpc) is 2.27. The van der Waals surface area contributed by atoms with Gasteiger partial charge in [0.1, 0.15) is 0 Å². The second kappa shape index (κ2) is 3.79. The molecule has 0 aliphatic carbocycles. The number of aromatic nitrogens is 1. The highest BCUT2D eigenvalue weighted by molar-refractivity contribution is 7.11. The Morgan fingerprint density at radius 2 is 1.85 bits per heavy atom. The van der Waals surface area contributed by atoms with Gasteiger partial charge in [-0.05, 0) is 32.1 Å². The van der Waals surface area contributed by atoms with E-state index in [9.17, 15) is 0 Å². The highest BCUT2D eigenvalue weighted by Crippen LogP contribution is 2.24. The first-order chi connectivity index (χ1) is 5.88. The van der Waals surface area contributed by atoms with Crippen LogP contribution in [-0.2, 0) is 6.42 Å². The van der Waals surface area contributed by atoms with Crippen LogP contribution in [0.25, 0.3) is 0 Å². The molecule has 0 fully saturated rings. The number of rotatable bonds is 2. The summed E-state index contributed by atoms with van der Waals surface area (Å²) in [5, 5.41) is 1.30. The first-order valence-electron chi connectivity index (χ1n) is 4.81. The lowest BCUT2D eigenvalue weighted by atomic mass is 9.91. The van der Waals surface area contributed by atoms with Crippen LogP contribution in [0.1, 0.15) is 42.8 Å². The van der Waals surface area contributed by atoms with Crippen LogP contribution in [0, 0.1) is 19.3 Å². The maximum Gasteiger partial charge on any atom is 0.0931 e. The zero-order valence-electron chi connectivity index (χ0n) is 9.27. The summed E-state index contributed by atoms with van der Waals surface area (Å²) in [6.45, 7) is 11.1. The fraction of sp³-hybridized carbons (Fsp3) is 0.727. The molecule has 0 radical (unpaired) electrons. The normalized spacial score (nSPS) is 12.1. The Kier molecular flexibility index (Phi) is 3.12. The third-order valence-electron chi connectivity index (χ3n) is 2.16. The predicted octanol–water partition coefficient (Wildman–Crippen LogP) is 3.74. The predicted molar refractivity (Wildman–Crippen MR) is 59.4 cm³/mol. The summed E-state index contributed by atoms with van der Waals surface area (Å²) in [5.41, 5.74) is 1.63. The topological polar surface area (TPSA) is 12.9 Å². The van der Waals surface area contributed by atoms with Crippen LogP contribution in [0.15, 0.2) is 0 Å². The van der Waals surface area contributed by atoms with E-state index in [1.165, 1.54) is 22.0 Å².